The molecule has 88 valence electrons. The number of carbonyl (C=O) groups excluding carboxylic acids is 1. The van der Waals surface area contributed by atoms with Crippen molar-refractivity contribution in [2.45, 2.75) is 0 Å². The second kappa shape index (κ2) is 4.99. The summed E-state index contributed by atoms with van der Waals surface area (Å²) in [6.45, 7) is 0. The zero-order valence-electron chi connectivity index (χ0n) is 9.15. The fourth-order valence-electron chi connectivity index (χ4n) is 1.71. The highest BCUT2D eigenvalue weighted by atomic mass is 35.5. The van der Waals surface area contributed by atoms with Gasteiger partial charge >= 0.3 is 0 Å². The number of nitrogens with zero attached hydrogens (tertiary/aromatic N) is 1. The molecule has 0 bridgehead atoms. The Balaban J connectivity index is 2.65. The van der Waals surface area contributed by atoms with E-state index in [1.54, 1.807) is 24.3 Å². The van der Waals surface area contributed by atoms with Crippen LogP contribution in [-0.4, -0.2) is 5.24 Å². The molecule has 2 aromatic carbocycles. The summed E-state index contributed by atoms with van der Waals surface area (Å²) < 4.78 is 12.9. The Morgan fingerprint density at radius 2 is 1.83 bits per heavy atom. The van der Waals surface area contributed by atoms with Crippen molar-refractivity contribution in [2.24, 2.45) is 0 Å². The first-order chi connectivity index (χ1) is 8.63. The number of nitriles is 1. The summed E-state index contributed by atoms with van der Waals surface area (Å²) in [6.07, 6.45) is 0. The van der Waals surface area contributed by atoms with Crippen LogP contribution in [0.5, 0.6) is 0 Å². The van der Waals surface area contributed by atoms with E-state index in [-0.39, 0.29) is 16.9 Å². The van der Waals surface area contributed by atoms with E-state index in [1.165, 1.54) is 18.2 Å². The molecule has 0 saturated heterocycles. The van der Waals surface area contributed by atoms with Gasteiger partial charge in [0.15, 0.2) is 0 Å². The van der Waals surface area contributed by atoms with E-state index >= 15 is 0 Å². The van der Waals surface area contributed by atoms with Crippen LogP contribution in [0, 0.1) is 17.1 Å². The summed E-state index contributed by atoms with van der Waals surface area (Å²) in [6, 6.07) is 12.5. The summed E-state index contributed by atoms with van der Waals surface area (Å²) in [4.78, 5) is 11.2. The fourth-order valence-corrected chi connectivity index (χ4v) is 1.86. The lowest BCUT2D eigenvalue weighted by Crippen LogP contribution is -1.96. The Bertz CT molecular complexity index is 644. The van der Waals surface area contributed by atoms with Crippen LogP contribution in [0.15, 0.2) is 42.5 Å². The summed E-state index contributed by atoms with van der Waals surface area (Å²) >= 11 is 5.42. The monoisotopic (exact) mass is 259 g/mol. The predicted molar refractivity (Wildman–Crippen MR) is 66.7 cm³/mol. The highest BCUT2D eigenvalue weighted by molar-refractivity contribution is 6.68. The molecule has 0 aliphatic rings. The number of hydrogen-bond donors (Lipinski definition) is 0. The van der Waals surface area contributed by atoms with Gasteiger partial charge in [0.2, 0.25) is 0 Å². The van der Waals surface area contributed by atoms with Crippen molar-refractivity contribution in [3.05, 3.63) is 59.4 Å². The summed E-state index contributed by atoms with van der Waals surface area (Å²) in [5.41, 5.74) is 1.57. The Labute approximate surface area is 108 Å². The molecule has 18 heavy (non-hydrogen) atoms. The number of carbonyl (C=O) groups is 1. The SMILES string of the molecule is N#Cc1c(C(=O)Cl)cccc1-c1ccc(F)cc1. The highest BCUT2D eigenvalue weighted by Crippen LogP contribution is 2.26. The van der Waals surface area contributed by atoms with E-state index in [2.05, 4.69) is 0 Å². The van der Waals surface area contributed by atoms with Crippen LogP contribution < -0.4 is 0 Å². The molecule has 0 amide bonds. The van der Waals surface area contributed by atoms with Gasteiger partial charge in [-0.25, -0.2) is 4.39 Å². The van der Waals surface area contributed by atoms with Gasteiger partial charge in [-0.15, -0.1) is 0 Å². The van der Waals surface area contributed by atoms with Gasteiger partial charge in [0, 0.05) is 5.56 Å². The molecule has 4 heteroatoms. The smallest absolute Gasteiger partial charge is 0.253 e. The topological polar surface area (TPSA) is 40.9 Å². The average molecular weight is 260 g/mol. The molecule has 0 saturated carbocycles. The summed E-state index contributed by atoms with van der Waals surface area (Å²) in [5, 5.41) is 8.44. The predicted octanol–water partition coefficient (Wildman–Crippen LogP) is 3.74. The van der Waals surface area contributed by atoms with Gasteiger partial charge in [0.1, 0.15) is 11.9 Å². The van der Waals surface area contributed by atoms with Crippen LogP contribution in [0.3, 0.4) is 0 Å². The van der Waals surface area contributed by atoms with Crippen LogP contribution in [-0.2, 0) is 0 Å². The Hall–Kier alpha value is -2.18. The van der Waals surface area contributed by atoms with E-state index in [0.717, 1.165) is 0 Å². The zero-order chi connectivity index (χ0) is 13.1. The van der Waals surface area contributed by atoms with Gasteiger partial charge in [0.05, 0.1) is 11.1 Å². The minimum atomic E-state index is -0.685. The lowest BCUT2D eigenvalue weighted by Gasteiger charge is -2.06. The highest BCUT2D eigenvalue weighted by Gasteiger charge is 2.13. The lowest BCUT2D eigenvalue weighted by molar-refractivity contribution is 0.108. The molecule has 0 atom stereocenters. The van der Waals surface area contributed by atoms with E-state index in [1.807, 2.05) is 6.07 Å². The third-order valence-electron chi connectivity index (χ3n) is 2.54. The summed E-state index contributed by atoms with van der Waals surface area (Å²) in [5.74, 6) is -0.359. The third kappa shape index (κ3) is 2.24. The number of hydrogen-bond acceptors (Lipinski definition) is 2. The van der Waals surface area contributed by atoms with Gasteiger partial charge < -0.3 is 0 Å². The van der Waals surface area contributed by atoms with Gasteiger partial charge in [0.25, 0.3) is 5.24 Å². The average Bonchev–Trinajstić information content (AvgIpc) is 2.38. The Morgan fingerprint density at radius 1 is 1.17 bits per heavy atom. The van der Waals surface area contributed by atoms with Crippen molar-refractivity contribution in [2.75, 3.05) is 0 Å². The first-order valence-corrected chi connectivity index (χ1v) is 5.50. The molecule has 2 rings (SSSR count). The molecule has 0 aliphatic heterocycles. The van der Waals surface area contributed by atoms with Crippen molar-refractivity contribution < 1.29 is 9.18 Å². The van der Waals surface area contributed by atoms with Crippen molar-refractivity contribution in [3.8, 4) is 17.2 Å². The molecule has 0 radical (unpaired) electrons. The van der Waals surface area contributed by atoms with Crippen LogP contribution >= 0.6 is 11.6 Å². The fraction of sp³-hybridized carbons (Fsp3) is 0. The molecule has 2 aromatic rings. The molecule has 0 N–H and O–H groups in total. The molecule has 0 unspecified atom stereocenters. The second-order valence-electron chi connectivity index (χ2n) is 3.62. The maximum absolute atomic E-state index is 12.9. The molecule has 0 aliphatic carbocycles. The molecular weight excluding hydrogens is 253 g/mol. The number of halogens is 2. The second-order valence-corrected chi connectivity index (χ2v) is 3.96. The van der Waals surface area contributed by atoms with Crippen LogP contribution in [0.2, 0.25) is 0 Å². The van der Waals surface area contributed by atoms with E-state index in [9.17, 15) is 9.18 Å². The normalized spacial score (nSPS) is 9.83. The zero-order valence-corrected chi connectivity index (χ0v) is 9.91. The Kier molecular flexibility index (Phi) is 3.40. The van der Waals surface area contributed by atoms with Gasteiger partial charge in [-0.2, -0.15) is 5.26 Å². The van der Waals surface area contributed by atoms with Crippen molar-refractivity contribution in [1.29, 1.82) is 5.26 Å². The molecule has 0 aromatic heterocycles. The van der Waals surface area contributed by atoms with Crippen LogP contribution in [0.25, 0.3) is 11.1 Å². The van der Waals surface area contributed by atoms with Gasteiger partial charge in [-0.05, 0) is 35.4 Å². The molecule has 0 heterocycles. The maximum Gasteiger partial charge on any atom is 0.253 e. The first-order valence-electron chi connectivity index (χ1n) is 5.12. The standard InChI is InChI=1S/C14H7ClFNO/c15-14(18)12-3-1-2-11(13(12)8-17)9-4-6-10(16)7-5-9/h1-7H. The van der Waals surface area contributed by atoms with E-state index in [0.29, 0.717) is 11.1 Å². The molecule has 0 spiro atoms. The van der Waals surface area contributed by atoms with Crippen molar-refractivity contribution >= 4 is 16.8 Å². The minimum Gasteiger partial charge on any atom is -0.276 e. The number of rotatable bonds is 2. The van der Waals surface area contributed by atoms with Gasteiger partial charge in [-0.3, -0.25) is 4.79 Å². The van der Waals surface area contributed by atoms with E-state index in [4.69, 9.17) is 16.9 Å². The molecule has 2 nitrogen and oxygen atoms in total. The minimum absolute atomic E-state index is 0.154. The van der Waals surface area contributed by atoms with Gasteiger partial charge in [-0.1, -0.05) is 24.3 Å². The summed E-state index contributed by atoms with van der Waals surface area (Å²) in [7, 11) is 0. The number of benzene rings is 2. The lowest BCUT2D eigenvalue weighted by atomic mass is 9.96. The first kappa shape index (κ1) is 12.3. The van der Waals surface area contributed by atoms with Crippen LogP contribution in [0.1, 0.15) is 15.9 Å². The maximum atomic E-state index is 12.9. The van der Waals surface area contributed by atoms with E-state index < -0.39 is 5.24 Å². The molecule has 0 fully saturated rings. The van der Waals surface area contributed by atoms with Crippen LogP contribution in [0.4, 0.5) is 4.39 Å². The Morgan fingerprint density at radius 3 is 2.39 bits per heavy atom. The largest absolute Gasteiger partial charge is 0.276 e. The molecular formula is C14H7ClFNO. The van der Waals surface area contributed by atoms with Crippen molar-refractivity contribution in [1.82, 2.24) is 0 Å². The quantitative estimate of drug-likeness (QED) is 0.771. The third-order valence-corrected chi connectivity index (χ3v) is 2.75. The van der Waals surface area contributed by atoms with Crippen molar-refractivity contribution in [3.63, 3.8) is 0 Å².